The predicted octanol–water partition coefficient (Wildman–Crippen LogP) is 5.00. The first-order valence-electron chi connectivity index (χ1n) is 9.28. The highest BCUT2D eigenvalue weighted by molar-refractivity contribution is 6.30. The normalized spacial score (nSPS) is 16.2. The number of carbonyl (C=O) groups excluding carboxylic acids is 1. The molecule has 1 N–H and O–H groups in total. The molecule has 0 saturated heterocycles. The number of carbonyl (C=O) groups is 1. The van der Waals surface area contributed by atoms with E-state index in [4.69, 9.17) is 11.6 Å². The van der Waals surface area contributed by atoms with Gasteiger partial charge in [-0.25, -0.2) is 0 Å². The van der Waals surface area contributed by atoms with Crippen LogP contribution in [0.3, 0.4) is 0 Å². The summed E-state index contributed by atoms with van der Waals surface area (Å²) in [6.07, 6.45) is 4.13. The van der Waals surface area contributed by atoms with E-state index in [2.05, 4.69) is 28.2 Å². The number of halogens is 1. The first kappa shape index (κ1) is 17.0. The van der Waals surface area contributed by atoms with Gasteiger partial charge in [0, 0.05) is 46.1 Å². The van der Waals surface area contributed by atoms with E-state index in [0.717, 1.165) is 23.2 Å². The molecule has 1 atom stereocenters. The first-order chi connectivity index (χ1) is 13.7. The molecule has 0 bridgehead atoms. The molecule has 5 rings (SSSR count). The van der Waals surface area contributed by atoms with Crippen molar-refractivity contribution in [2.75, 3.05) is 6.54 Å². The van der Waals surface area contributed by atoms with Crippen molar-refractivity contribution in [3.05, 3.63) is 100 Å². The third-order valence-electron chi connectivity index (χ3n) is 5.41. The van der Waals surface area contributed by atoms with Gasteiger partial charge in [0.25, 0.3) is 5.91 Å². The third-order valence-corrected chi connectivity index (χ3v) is 5.66. The smallest absolute Gasteiger partial charge is 0.254 e. The van der Waals surface area contributed by atoms with Gasteiger partial charge in [0.1, 0.15) is 0 Å². The van der Waals surface area contributed by atoms with Gasteiger partial charge in [-0.3, -0.25) is 9.78 Å². The molecule has 2 aromatic heterocycles. The van der Waals surface area contributed by atoms with Crippen LogP contribution < -0.4 is 0 Å². The van der Waals surface area contributed by atoms with Crippen molar-refractivity contribution >= 4 is 28.4 Å². The van der Waals surface area contributed by atoms with Crippen molar-refractivity contribution in [1.82, 2.24) is 14.9 Å². The fourth-order valence-corrected chi connectivity index (χ4v) is 4.24. The zero-order chi connectivity index (χ0) is 19.1. The van der Waals surface area contributed by atoms with E-state index in [-0.39, 0.29) is 11.9 Å². The molecule has 0 fully saturated rings. The van der Waals surface area contributed by atoms with Crippen LogP contribution in [0, 0.1) is 0 Å². The van der Waals surface area contributed by atoms with Crippen LogP contribution in [0.5, 0.6) is 0 Å². The monoisotopic (exact) mass is 387 g/mol. The maximum atomic E-state index is 13.3. The van der Waals surface area contributed by atoms with Crippen molar-refractivity contribution in [2.24, 2.45) is 0 Å². The summed E-state index contributed by atoms with van der Waals surface area (Å²) in [6, 6.07) is 19.4. The molecular weight excluding hydrogens is 370 g/mol. The minimum atomic E-state index is -0.186. The maximum Gasteiger partial charge on any atom is 0.254 e. The highest BCUT2D eigenvalue weighted by Crippen LogP contribution is 2.39. The molecule has 0 spiro atoms. The Labute approximate surface area is 167 Å². The number of para-hydroxylation sites is 1. The van der Waals surface area contributed by atoms with Crippen LogP contribution in [-0.2, 0) is 6.42 Å². The van der Waals surface area contributed by atoms with Gasteiger partial charge in [0.05, 0.1) is 6.04 Å². The fraction of sp³-hybridized carbons (Fsp3) is 0.130. The summed E-state index contributed by atoms with van der Waals surface area (Å²) in [4.78, 5) is 22.9. The molecule has 1 amide bonds. The molecule has 1 aliphatic rings. The van der Waals surface area contributed by atoms with Gasteiger partial charge in [-0.15, -0.1) is 0 Å². The van der Waals surface area contributed by atoms with Crippen LogP contribution in [-0.4, -0.2) is 27.3 Å². The Hall–Kier alpha value is -3.11. The molecule has 0 unspecified atom stereocenters. The van der Waals surface area contributed by atoms with Crippen LogP contribution >= 0.6 is 11.6 Å². The van der Waals surface area contributed by atoms with Gasteiger partial charge in [-0.2, -0.15) is 0 Å². The van der Waals surface area contributed by atoms with Gasteiger partial charge >= 0.3 is 0 Å². The SMILES string of the molecule is O=C(c1ccncc1)N1CCc2c([nH]c3ccccc23)[C@@H]1c1ccc(Cl)cc1. The standard InChI is InChI=1S/C23H18ClN3O/c24-17-7-5-15(6-8-17)22-21-19(18-3-1-2-4-20(18)26-21)11-14-27(22)23(28)16-9-12-25-13-10-16/h1-10,12-13,22,26H,11,14H2/t22-/m0/s1. The number of rotatable bonds is 2. The van der Waals surface area contributed by atoms with Gasteiger partial charge in [0.2, 0.25) is 0 Å². The minimum absolute atomic E-state index is 0.00616. The highest BCUT2D eigenvalue weighted by Gasteiger charge is 2.34. The van der Waals surface area contributed by atoms with Crippen molar-refractivity contribution in [3.63, 3.8) is 0 Å². The number of hydrogen-bond donors (Lipinski definition) is 1. The average molecular weight is 388 g/mol. The molecule has 0 radical (unpaired) electrons. The van der Waals surface area contributed by atoms with E-state index < -0.39 is 0 Å². The van der Waals surface area contributed by atoms with Crippen LogP contribution in [0.1, 0.15) is 33.2 Å². The molecule has 28 heavy (non-hydrogen) atoms. The summed E-state index contributed by atoms with van der Waals surface area (Å²) in [5.41, 5.74) is 5.16. The Balaban J connectivity index is 1.67. The second kappa shape index (κ2) is 6.80. The summed E-state index contributed by atoms with van der Waals surface area (Å²) in [5.74, 6) is 0.00616. The van der Waals surface area contributed by atoms with Crippen molar-refractivity contribution < 1.29 is 4.79 Å². The number of pyridine rings is 1. The molecule has 0 saturated carbocycles. The lowest BCUT2D eigenvalue weighted by Crippen LogP contribution is -2.40. The fourth-order valence-electron chi connectivity index (χ4n) is 4.11. The van der Waals surface area contributed by atoms with Crippen LogP contribution in [0.4, 0.5) is 0 Å². The molecule has 3 heterocycles. The Morgan fingerprint density at radius 3 is 2.57 bits per heavy atom. The van der Waals surface area contributed by atoms with E-state index in [1.54, 1.807) is 24.5 Å². The number of nitrogens with one attached hydrogen (secondary N) is 1. The summed E-state index contributed by atoms with van der Waals surface area (Å²) < 4.78 is 0. The molecule has 0 aliphatic carbocycles. The molecular formula is C23H18ClN3O. The largest absolute Gasteiger partial charge is 0.356 e. The molecule has 2 aromatic carbocycles. The van der Waals surface area contributed by atoms with Crippen molar-refractivity contribution in [2.45, 2.75) is 12.5 Å². The lowest BCUT2D eigenvalue weighted by atomic mass is 9.92. The second-order valence-electron chi connectivity index (χ2n) is 7.00. The van der Waals surface area contributed by atoms with Crippen molar-refractivity contribution in [3.8, 4) is 0 Å². The summed E-state index contributed by atoms with van der Waals surface area (Å²) in [6.45, 7) is 0.656. The Morgan fingerprint density at radius 1 is 1.04 bits per heavy atom. The van der Waals surface area contributed by atoms with Gasteiger partial charge in [0.15, 0.2) is 0 Å². The minimum Gasteiger partial charge on any atom is -0.356 e. The Morgan fingerprint density at radius 2 is 1.79 bits per heavy atom. The van der Waals surface area contributed by atoms with Crippen LogP contribution in [0.15, 0.2) is 73.1 Å². The first-order valence-corrected chi connectivity index (χ1v) is 9.66. The lowest BCUT2D eigenvalue weighted by Gasteiger charge is -2.36. The topological polar surface area (TPSA) is 49.0 Å². The summed E-state index contributed by atoms with van der Waals surface area (Å²) >= 11 is 6.11. The van der Waals surface area contributed by atoms with Gasteiger partial charge in [-0.1, -0.05) is 41.9 Å². The number of aromatic amines is 1. The van der Waals surface area contributed by atoms with E-state index in [0.29, 0.717) is 17.1 Å². The molecule has 1 aliphatic heterocycles. The van der Waals surface area contributed by atoms with E-state index in [1.165, 1.54) is 10.9 Å². The number of H-pyrrole nitrogens is 1. The van der Waals surface area contributed by atoms with E-state index >= 15 is 0 Å². The predicted molar refractivity (Wildman–Crippen MR) is 111 cm³/mol. The zero-order valence-corrected chi connectivity index (χ0v) is 15.9. The number of amides is 1. The van der Waals surface area contributed by atoms with Crippen LogP contribution in [0.2, 0.25) is 5.02 Å². The average Bonchev–Trinajstić information content (AvgIpc) is 3.13. The zero-order valence-electron chi connectivity index (χ0n) is 15.1. The van der Waals surface area contributed by atoms with Gasteiger partial charge < -0.3 is 9.88 Å². The molecule has 4 nitrogen and oxygen atoms in total. The van der Waals surface area contributed by atoms with E-state index in [9.17, 15) is 4.79 Å². The third kappa shape index (κ3) is 2.77. The van der Waals surface area contributed by atoms with Crippen molar-refractivity contribution in [1.29, 1.82) is 0 Å². The maximum absolute atomic E-state index is 13.3. The Kier molecular flexibility index (Phi) is 4.14. The molecule has 4 aromatic rings. The quantitative estimate of drug-likeness (QED) is 0.526. The molecule has 5 heteroatoms. The number of aromatic nitrogens is 2. The number of hydrogen-bond acceptors (Lipinski definition) is 2. The van der Waals surface area contributed by atoms with Gasteiger partial charge in [-0.05, 0) is 47.9 Å². The lowest BCUT2D eigenvalue weighted by molar-refractivity contribution is 0.0692. The molecule has 138 valence electrons. The number of nitrogens with zero attached hydrogens (tertiary/aromatic N) is 2. The second-order valence-corrected chi connectivity index (χ2v) is 7.44. The van der Waals surface area contributed by atoms with Crippen LogP contribution in [0.25, 0.3) is 10.9 Å². The summed E-state index contributed by atoms with van der Waals surface area (Å²) in [5, 5.41) is 1.91. The number of fused-ring (bicyclic) bond motifs is 3. The summed E-state index contributed by atoms with van der Waals surface area (Å²) in [7, 11) is 0. The van der Waals surface area contributed by atoms with E-state index in [1.807, 2.05) is 35.2 Å². The highest BCUT2D eigenvalue weighted by atomic mass is 35.5. The number of benzene rings is 2. The Bertz CT molecular complexity index is 1150.